The Morgan fingerprint density at radius 1 is 1.24 bits per heavy atom. The van der Waals surface area contributed by atoms with Crippen molar-refractivity contribution in [2.24, 2.45) is 5.73 Å². The van der Waals surface area contributed by atoms with Gasteiger partial charge < -0.3 is 10.6 Å². The second-order valence-electron chi connectivity index (χ2n) is 5.21. The molecule has 114 valence electrons. The number of carbonyl (C=O) groups is 2. The summed E-state index contributed by atoms with van der Waals surface area (Å²) in [6.45, 7) is 0. The number of benzene rings is 1. The van der Waals surface area contributed by atoms with Gasteiger partial charge in [0.05, 0.1) is 10.6 Å². The molecule has 2 amide bonds. The van der Waals surface area contributed by atoms with Gasteiger partial charge in [-0.25, -0.2) is 8.78 Å². The number of likely N-dealkylation sites (N-methyl/N-ethyl adjacent to an activating group) is 1. The zero-order chi connectivity index (χ0) is 15.8. The molecule has 1 aromatic carbocycles. The fraction of sp³-hybridized carbons (Fsp3) is 0.429. The van der Waals surface area contributed by atoms with Crippen LogP contribution in [0, 0.1) is 11.6 Å². The van der Waals surface area contributed by atoms with Crippen LogP contribution in [-0.2, 0) is 4.79 Å². The maximum Gasteiger partial charge on any atom is 0.257 e. The Hall–Kier alpha value is -1.69. The van der Waals surface area contributed by atoms with Gasteiger partial charge in [-0.05, 0) is 25.0 Å². The Bertz CT molecular complexity index is 601. The number of halogens is 3. The Labute approximate surface area is 125 Å². The number of carbonyl (C=O) groups excluding carboxylic acids is 2. The van der Waals surface area contributed by atoms with E-state index in [1.54, 1.807) is 0 Å². The van der Waals surface area contributed by atoms with Crippen LogP contribution >= 0.6 is 11.6 Å². The quantitative estimate of drug-likeness (QED) is 0.871. The van der Waals surface area contributed by atoms with Gasteiger partial charge in [-0.1, -0.05) is 24.4 Å². The normalized spacial score (nSPS) is 16.8. The lowest BCUT2D eigenvalue weighted by atomic mass is 9.93. The third-order valence-electron chi connectivity index (χ3n) is 4.08. The van der Waals surface area contributed by atoms with Crippen molar-refractivity contribution in [3.8, 4) is 0 Å². The van der Waals surface area contributed by atoms with Crippen molar-refractivity contribution >= 4 is 23.4 Å². The molecule has 1 aliphatic carbocycles. The Morgan fingerprint density at radius 2 is 1.81 bits per heavy atom. The number of amides is 2. The lowest BCUT2D eigenvalue weighted by Gasteiger charge is -2.36. The van der Waals surface area contributed by atoms with Crippen molar-refractivity contribution in [2.45, 2.75) is 31.2 Å². The molecule has 0 aliphatic heterocycles. The molecular formula is C14H15ClF2N2O2. The minimum atomic E-state index is -1.14. The number of rotatable bonds is 3. The van der Waals surface area contributed by atoms with E-state index in [9.17, 15) is 18.4 Å². The molecule has 1 aromatic rings. The second kappa shape index (κ2) is 5.60. The topological polar surface area (TPSA) is 63.4 Å². The zero-order valence-electron chi connectivity index (χ0n) is 11.5. The molecule has 0 saturated heterocycles. The number of nitrogens with two attached hydrogens (primary N) is 1. The van der Waals surface area contributed by atoms with Gasteiger partial charge in [0.15, 0.2) is 0 Å². The summed E-state index contributed by atoms with van der Waals surface area (Å²) in [5.41, 5.74) is 3.81. The average molecular weight is 317 g/mol. The van der Waals surface area contributed by atoms with Gasteiger partial charge in [0.1, 0.15) is 17.2 Å². The summed E-state index contributed by atoms with van der Waals surface area (Å²) < 4.78 is 27.3. The number of primary amides is 1. The SMILES string of the molecule is CN(C(=O)c1cc(F)c(Cl)cc1F)C1(C(N)=O)CCCC1. The molecule has 0 aromatic heterocycles. The van der Waals surface area contributed by atoms with Gasteiger partial charge in [0, 0.05) is 7.05 Å². The molecule has 1 aliphatic rings. The van der Waals surface area contributed by atoms with Gasteiger partial charge in [0.25, 0.3) is 5.91 Å². The highest BCUT2D eigenvalue weighted by molar-refractivity contribution is 6.30. The maximum atomic E-state index is 13.8. The minimum absolute atomic E-state index is 0.405. The predicted octanol–water partition coefficient (Wildman–Crippen LogP) is 2.49. The molecule has 1 saturated carbocycles. The third kappa shape index (κ3) is 2.60. The number of hydrogen-bond acceptors (Lipinski definition) is 2. The van der Waals surface area contributed by atoms with Crippen molar-refractivity contribution in [2.75, 3.05) is 7.05 Å². The molecule has 7 heteroatoms. The zero-order valence-corrected chi connectivity index (χ0v) is 12.2. The monoisotopic (exact) mass is 316 g/mol. The fourth-order valence-electron chi connectivity index (χ4n) is 2.77. The van der Waals surface area contributed by atoms with Crippen LogP contribution in [-0.4, -0.2) is 29.3 Å². The van der Waals surface area contributed by atoms with E-state index < -0.39 is 39.6 Å². The molecule has 4 nitrogen and oxygen atoms in total. The average Bonchev–Trinajstić information content (AvgIpc) is 2.92. The highest BCUT2D eigenvalue weighted by Gasteiger charge is 2.45. The van der Waals surface area contributed by atoms with E-state index in [4.69, 9.17) is 17.3 Å². The van der Waals surface area contributed by atoms with Crippen molar-refractivity contribution in [1.82, 2.24) is 4.90 Å². The fourth-order valence-corrected chi connectivity index (χ4v) is 2.92. The molecule has 0 spiro atoms. The molecule has 1 fully saturated rings. The second-order valence-corrected chi connectivity index (χ2v) is 5.62. The smallest absolute Gasteiger partial charge is 0.257 e. The first-order chi connectivity index (χ1) is 9.79. The first-order valence-electron chi connectivity index (χ1n) is 6.52. The summed E-state index contributed by atoms with van der Waals surface area (Å²) >= 11 is 5.46. The molecule has 2 rings (SSSR count). The largest absolute Gasteiger partial charge is 0.368 e. The van der Waals surface area contributed by atoms with E-state index in [2.05, 4.69) is 0 Å². The summed E-state index contributed by atoms with van der Waals surface area (Å²) in [7, 11) is 1.38. The molecule has 0 radical (unpaired) electrons. The van der Waals surface area contributed by atoms with Gasteiger partial charge in [0.2, 0.25) is 5.91 Å². The molecule has 0 unspecified atom stereocenters. The highest BCUT2D eigenvalue weighted by atomic mass is 35.5. The van der Waals surface area contributed by atoms with Crippen LogP contribution in [0.15, 0.2) is 12.1 Å². The van der Waals surface area contributed by atoms with Crippen LogP contribution in [0.5, 0.6) is 0 Å². The van der Waals surface area contributed by atoms with Crippen LogP contribution < -0.4 is 5.73 Å². The Morgan fingerprint density at radius 3 is 2.33 bits per heavy atom. The van der Waals surface area contributed by atoms with Gasteiger partial charge in [-0.2, -0.15) is 0 Å². The van der Waals surface area contributed by atoms with Crippen LogP contribution in [0.1, 0.15) is 36.0 Å². The van der Waals surface area contributed by atoms with Crippen LogP contribution in [0.3, 0.4) is 0 Å². The molecular weight excluding hydrogens is 302 g/mol. The van der Waals surface area contributed by atoms with E-state index >= 15 is 0 Å². The third-order valence-corrected chi connectivity index (χ3v) is 4.37. The number of nitrogens with zero attached hydrogens (tertiary/aromatic N) is 1. The van der Waals surface area contributed by atoms with E-state index in [0.29, 0.717) is 12.8 Å². The van der Waals surface area contributed by atoms with Crippen molar-refractivity contribution in [3.05, 3.63) is 34.4 Å². The van der Waals surface area contributed by atoms with Gasteiger partial charge in [-0.15, -0.1) is 0 Å². The molecule has 2 N–H and O–H groups in total. The van der Waals surface area contributed by atoms with Crippen LogP contribution in [0.4, 0.5) is 8.78 Å². The summed E-state index contributed by atoms with van der Waals surface area (Å²) in [4.78, 5) is 25.3. The minimum Gasteiger partial charge on any atom is -0.368 e. The lowest BCUT2D eigenvalue weighted by molar-refractivity contribution is -0.127. The van der Waals surface area contributed by atoms with Gasteiger partial charge in [-0.3, -0.25) is 9.59 Å². The van der Waals surface area contributed by atoms with Crippen molar-refractivity contribution < 1.29 is 18.4 Å². The van der Waals surface area contributed by atoms with E-state index in [1.165, 1.54) is 7.05 Å². The van der Waals surface area contributed by atoms with E-state index in [-0.39, 0.29) is 0 Å². The van der Waals surface area contributed by atoms with Crippen LogP contribution in [0.2, 0.25) is 5.02 Å². The number of hydrogen-bond donors (Lipinski definition) is 1. The summed E-state index contributed by atoms with van der Waals surface area (Å²) in [5.74, 6) is -3.25. The summed E-state index contributed by atoms with van der Waals surface area (Å²) in [6.07, 6.45) is 2.33. The Balaban J connectivity index is 2.39. The first-order valence-corrected chi connectivity index (χ1v) is 6.90. The van der Waals surface area contributed by atoms with E-state index in [0.717, 1.165) is 29.9 Å². The van der Waals surface area contributed by atoms with Crippen molar-refractivity contribution in [3.63, 3.8) is 0 Å². The predicted molar refractivity (Wildman–Crippen MR) is 73.9 cm³/mol. The standard InChI is InChI=1S/C14H15ClF2N2O2/c1-19(14(13(18)21)4-2-3-5-14)12(20)8-6-11(17)9(15)7-10(8)16/h6-7H,2-5H2,1H3,(H2,18,21). The highest BCUT2D eigenvalue weighted by Crippen LogP contribution is 2.35. The van der Waals surface area contributed by atoms with Crippen LogP contribution in [0.25, 0.3) is 0 Å². The molecule has 0 heterocycles. The summed E-state index contributed by atoms with van der Waals surface area (Å²) in [6, 6.07) is 1.48. The first kappa shape index (κ1) is 15.7. The molecule has 21 heavy (non-hydrogen) atoms. The summed E-state index contributed by atoms with van der Waals surface area (Å²) in [5, 5.41) is -0.405. The lowest BCUT2D eigenvalue weighted by Crippen LogP contribution is -2.56. The molecule has 0 atom stereocenters. The van der Waals surface area contributed by atoms with Crippen molar-refractivity contribution in [1.29, 1.82) is 0 Å². The van der Waals surface area contributed by atoms with Gasteiger partial charge >= 0.3 is 0 Å². The maximum absolute atomic E-state index is 13.8. The Kier molecular flexibility index (Phi) is 4.18. The molecule has 0 bridgehead atoms. The van der Waals surface area contributed by atoms with E-state index in [1.807, 2.05) is 0 Å².